The Morgan fingerprint density at radius 1 is 0.824 bits per heavy atom. The maximum Gasteiger partial charge on any atom is 0.0501 e. The minimum Gasteiger partial charge on any atom is -0.308 e. The summed E-state index contributed by atoms with van der Waals surface area (Å²) in [5, 5.41) is 0. The Hall–Kier alpha value is -0.420. The predicted octanol–water partition coefficient (Wildman–Crippen LogP) is 0.487. The van der Waals surface area contributed by atoms with E-state index in [1.807, 2.05) is 6.08 Å². The van der Waals surface area contributed by atoms with Crippen molar-refractivity contribution in [1.82, 2.24) is 19.6 Å². The molecule has 0 aliphatic rings. The van der Waals surface area contributed by atoms with E-state index in [4.69, 9.17) is 0 Å². The van der Waals surface area contributed by atoms with E-state index in [0.29, 0.717) is 0 Å². The Balaban J connectivity index is 3.95. The molecule has 0 N–H and O–H groups in total. The summed E-state index contributed by atoms with van der Waals surface area (Å²) in [5.74, 6) is 0. The molecule has 0 aromatic carbocycles. The number of nitrogens with zero attached hydrogens (tertiary/aromatic N) is 4. The van der Waals surface area contributed by atoms with Crippen LogP contribution in [-0.4, -0.2) is 94.2 Å². The Kier molecular flexibility index (Phi) is 9.36. The van der Waals surface area contributed by atoms with Gasteiger partial charge in [-0.15, -0.1) is 6.58 Å². The normalized spacial score (nSPS) is 12.1. The van der Waals surface area contributed by atoms with Crippen molar-refractivity contribution in [2.75, 3.05) is 74.6 Å². The van der Waals surface area contributed by atoms with Gasteiger partial charge in [0.05, 0.1) is 6.67 Å². The van der Waals surface area contributed by atoms with Crippen LogP contribution < -0.4 is 0 Å². The van der Waals surface area contributed by atoms with Gasteiger partial charge in [-0.05, 0) is 35.2 Å². The largest absolute Gasteiger partial charge is 0.308 e. The van der Waals surface area contributed by atoms with Crippen LogP contribution in [0.15, 0.2) is 12.7 Å². The predicted molar refractivity (Wildman–Crippen MR) is 76.4 cm³/mol. The van der Waals surface area contributed by atoms with Crippen molar-refractivity contribution >= 4 is 0 Å². The van der Waals surface area contributed by atoms with Crippen LogP contribution in [0.3, 0.4) is 0 Å². The quantitative estimate of drug-likeness (QED) is 0.408. The lowest BCUT2D eigenvalue weighted by molar-refractivity contribution is 0.149. The average Bonchev–Trinajstić information content (AvgIpc) is 2.21. The highest BCUT2D eigenvalue weighted by atomic mass is 15.3. The topological polar surface area (TPSA) is 13.0 Å². The second-order valence-electron chi connectivity index (χ2n) is 5.19. The van der Waals surface area contributed by atoms with Crippen LogP contribution in [0.1, 0.15) is 0 Å². The van der Waals surface area contributed by atoms with E-state index < -0.39 is 0 Å². The fourth-order valence-electron chi connectivity index (χ4n) is 1.62. The molecule has 0 saturated heterocycles. The Bertz CT molecular complexity index is 192. The Morgan fingerprint density at radius 3 is 1.88 bits per heavy atom. The first kappa shape index (κ1) is 16.6. The smallest absolute Gasteiger partial charge is 0.0501 e. The second kappa shape index (κ2) is 9.59. The Morgan fingerprint density at radius 2 is 1.41 bits per heavy atom. The van der Waals surface area contributed by atoms with Crippen LogP contribution in [0.25, 0.3) is 0 Å². The lowest BCUT2D eigenvalue weighted by Crippen LogP contribution is -2.41. The molecule has 0 aromatic heterocycles. The molecule has 0 saturated carbocycles. The van der Waals surface area contributed by atoms with Gasteiger partial charge in [0.25, 0.3) is 0 Å². The van der Waals surface area contributed by atoms with Gasteiger partial charge in [0.1, 0.15) is 0 Å². The molecular formula is C13H30N4. The van der Waals surface area contributed by atoms with Crippen LogP contribution in [0, 0.1) is 0 Å². The van der Waals surface area contributed by atoms with E-state index in [2.05, 4.69) is 61.4 Å². The van der Waals surface area contributed by atoms with Crippen LogP contribution in [0.5, 0.6) is 0 Å². The highest BCUT2D eigenvalue weighted by Crippen LogP contribution is 1.93. The molecule has 0 rings (SSSR count). The van der Waals surface area contributed by atoms with Gasteiger partial charge < -0.3 is 9.80 Å². The van der Waals surface area contributed by atoms with E-state index in [1.54, 1.807) is 0 Å². The summed E-state index contributed by atoms with van der Waals surface area (Å²) >= 11 is 0. The maximum atomic E-state index is 3.77. The Labute approximate surface area is 107 Å². The van der Waals surface area contributed by atoms with E-state index in [9.17, 15) is 0 Å². The van der Waals surface area contributed by atoms with Gasteiger partial charge in [0.15, 0.2) is 0 Å². The lowest BCUT2D eigenvalue weighted by atomic mass is 10.4. The summed E-state index contributed by atoms with van der Waals surface area (Å²) in [5.41, 5.74) is 0. The van der Waals surface area contributed by atoms with Gasteiger partial charge in [-0.3, -0.25) is 9.80 Å². The second-order valence-corrected chi connectivity index (χ2v) is 5.19. The summed E-state index contributed by atoms with van der Waals surface area (Å²) in [4.78, 5) is 9.24. The van der Waals surface area contributed by atoms with E-state index in [0.717, 1.165) is 39.4 Å². The fraction of sp³-hybridized carbons (Fsp3) is 0.846. The van der Waals surface area contributed by atoms with E-state index in [1.165, 1.54) is 0 Å². The van der Waals surface area contributed by atoms with Crippen molar-refractivity contribution in [3.63, 3.8) is 0 Å². The molecule has 0 fully saturated rings. The molecule has 0 aromatic rings. The molecule has 4 heteroatoms. The lowest BCUT2D eigenvalue weighted by Gasteiger charge is -2.28. The molecular weight excluding hydrogens is 212 g/mol. The first-order valence-electron chi connectivity index (χ1n) is 6.27. The van der Waals surface area contributed by atoms with Crippen molar-refractivity contribution in [2.24, 2.45) is 0 Å². The first-order valence-corrected chi connectivity index (χ1v) is 6.27. The van der Waals surface area contributed by atoms with Crippen LogP contribution >= 0.6 is 0 Å². The molecule has 0 unspecified atom stereocenters. The maximum absolute atomic E-state index is 3.77. The standard InChI is InChI=1S/C13H30N4/c1-7-8-16(6)10-12-17(13-15(4)5)11-9-14(2)3/h7H,1,8-13H2,2-6H3. The zero-order valence-electron chi connectivity index (χ0n) is 12.3. The van der Waals surface area contributed by atoms with Gasteiger partial charge in [0.2, 0.25) is 0 Å². The minimum absolute atomic E-state index is 0.962. The zero-order valence-corrected chi connectivity index (χ0v) is 12.3. The summed E-state index contributed by atoms with van der Waals surface area (Å²) in [6, 6.07) is 0. The highest BCUT2D eigenvalue weighted by Gasteiger charge is 2.07. The third-order valence-electron chi connectivity index (χ3n) is 2.59. The minimum atomic E-state index is 0.962. The molecule has 0 spiro atoms. The molecule has 0 atom stereocenters. The van der Waals surface area contributed by atoms with Gasteiger partial charge in [0, 0.05) is 32.7 Å². The average molecular weight is 242 g/mol. The molecule has 102 valence electrons. The molecule has 17 heavy (non-hydrogen) atoms. The number of likely N-dealkylation sites (N-methyl/N-ethyl adjacent to an activating group) is 2. The molecule has 0 amide bonds. The SMILES string of the molecule is C=CCN(C)CCN(CCN(C)C)CN(C)C. The molecule has 0 radical (unpaired) electrons. The highest BCUT2D eigenvalue weighted by molar-refractivity contribution is 4.72. The third kappa shape index (κ3) is 10.5. The van der Waals surface area contributed by atoms with E-state index in [-0.39, 0.29) is 0 Å². The van der Waals surface area contributed by atoms with Crippen molar-refractivity contribution in [3.05, 3.63) is 12.7 Å². The van der Waals surface area contributed by atoms with Crippen molar-refractivity contribution in [3.8, 4) is 0 Å². The molecule has 0 bridgehead atoms. The summed E-state index contributed by atoms with van der Waals surface area (Å²) in [6.45, 7) is 10.2. The third-order valence-corrected chi connectivity index (χ3v) is 2.59. The van der Waals surface area contributed by atoms with Crippen LogP contribution in [0.4, 0.5) is 0 Å². The monoisotopic (exact) mass is 242 g/mol. The summed E-state index contributed by atoms with van der Waals surface area (Å²) < 4.78 is 0. The van der Waals surface area contributed by atoms with Crippen molar-refractivity contribution < 1.29 is 0 Å². The number of hydrogen-bond acceptors (Lipinski definition) is 4. The molecule has 0 aliphatic heterocycles. The first-order chi connectivity index (χ1) is 7.95. The van der Waals surface area contributed by atoms with E-state index >= 15 is 0 Å². The van der Waals surface area contributed by atoms with Crippen molar-refractivity contribution in [1.29, 1.82) is 0 Å². The van der Waals surface area contributed by atoms with Gasteiger partial charge in [-0.2, -0.15) is 0 Å². The van der Waals surface area contributed by atoms with Gasteiger partial charge >= 0.3 is 0 Å². The zero-order chi connectivity index (χ0) is 13.3. The summed E-state index contributed by atoms with van der Waals surface area (Å²) in [7, 11) is 10.6. The molecule has 4 nitrogen and oxygen atoms in total. The van der Waals surface area contributed by atoms with Crippen molar-refractivity contribution in [2.45, 2.75) is 0 Å². The summed E-state index contributed by atoms with van der Waals surface area (Å²) in [6.07, 6.45) is 1.95. The molecule has 0 heterocycles. The fourth-order valence-corrected chi connectivity index (χ4v) is 1.62. The van der Waals surface area contributed by atoms with Gasteiger partial charge in [-0.25, -0.2) is 0 Å². The van der Waals surface area contributed by atoms with Gasteiger partial charge in [-0.1, -0.05) is 6.08 Å². The van der Waals surface area contributed by atoms with Crippen LogP contribution in [-0.2, 0) is 0 Å². The number of hydrogen-bond donors (Lipinski definition) is 0. The number of rotatable bonds is 10. The van der Waals surface area contributed by atoms with Crippen LogP contribution in [0.2, 0.25) is 0 Å². The molecule has 0 aliphatic carbocycles.